The van der Waals surface area contributed by atoms with Crippen LogP contribution in [-0.4, -0.2) is 29.2 Å². The number of benzene rings is 3. The molecule has 168 valence electrons. The molecule has 3 aromatic carbocycles. The Bertz CT molecular complexity index is 1280. The first-order valence-electron chi connectivity index (χ1n) is 10.9. The molecule has 4 rings (SSSR count). The van der Waals surface area contributed by atoms with Crippen molar-refractivity contribution in [3.05, 3.63) is 95.8 Å². The second-order valence-electron chi connectivity index (χ2n) is 7.58. The van der Waals surface area contributed by atoms with E-state index in [9.17, 15) is 4.79 Å². The Hall–Kier alpha value is -4.06. The Kier molecular flexibility index (Phi) is 7.05. The first kappa shape index (κ1) is 22.1. The monoisotopic (exact) mass is 441 g/mol. The number of imidazole rings is 1. The highest BCUT2D eigenvalue weighted by molar-refractivity contribution is 5.91. The van der Waals surface area contributed by atoms with Gasteiger partial charge in [0.15, 0.2) is 11.5 Å². The quantitative estimate of drug-likeness (QED) is 0.378. The normalized spacial score (nSPS) is 11.1. The Labute approximate surface area is 193 Å². The van der Waals surface area contributed by atoms with E-state index in [2.05, 4.69) is 33.1 Å². The number of ether oxygens (including phenoxy) is 2. The minimum Gasteiger partial charge on any atom is -0.493 e. The first-order chi connectivity index (χ1) is 16.2. The third-order valence-corrected chi connectivity index (χ3v) is 5.25. The van der Waals surface area contributed by atoms with Crippen LogP contribution in [0.3, 0.4) is 0 Å². The summed E-state index contributed by atoms with van der Waals surface area (Å²) < 4.78 is 13.0. The third kappa shape index (κ3) is 5.60. The van der Waals surface area contributed by atoms with Crippen LogP contribution in [0.4, 0.5) is 0 Å². The summed E-state index contributed by atoms with van der Waals surface area (Å²) in [7, 11) is 1.60. The number of amides is 1. The van der Waals surface area contributed by atoms with E-state index in [0.29, 0.717) is 24.7 Å². The van der Waals surface area contributed by atoms with Crippen LogP contribution >= 0.6 is 0 Å². The average molecular weight is 442 g/mol. The zero-order valence-electron chi connectivity index (χ0n) is 18.8. The van der Waals surface area contributed by atoms with Crippen LogP contribution < -0.4 is 14.8 Å². The number of carbonyl (C=O) groups excluding carboxylic acids is 1. The summed E-state index contributed by atoms with van der Waals surface area (Å²) in [5.74, 6) is 1.17. The maximum atomic E-state index is 12.3. The van der Waals surface area contributed by atoms with E-state index in [1.807, 2.05) is 61.8 Å². The number of aromatic nitrogens is 2. The fraction of sp³-hybridized carbons (Fsp3) is 0.185. The average Bonchev–Trinajstić information content (AvgIpc) is 3.25. The van der Waals surface area contributed by atoms with Gasteiger partial charge in [-0.3, -0.25) is 4.79 Å². The van der Waals surface area contributed by atoms with Gasteiger partial charge in [-0.1, -0.05) is 42.5 Å². The molecule has 1 amide bonds. The second kappa shape index (κ2) is 10.5. The Morgan fingerprint density at radius 2 is 1.88 bits per heavy atom. The molecule has 1 heterocycles. The minimum atomic E-state index is -0.158. The van der Waals surface area contributed by atoms with Gasteiger partial charge >= 0.3 is 0 Å². The summed E-state index contributed by atoms with van der Waals surface area (Å²) in [5, 5.41) is 2.95. The third-order valence-electron chi connectivity index (χ3n) is 5.25. The molecule has 4 aromatic rings. The van der Waals surface area contributed by atoms with Crippen molar-refractivity contribution in [2.24, 2.45) is 0 Å². The van der Waals surface area contributed by atoms with Gasteiger partial charge in [0.2, 0.25) is 5.91 Å². The van der Waals surface area contributed by atoms with Crippen molar-refractivity contribution in [1.29, 1.82) is 0 Å². The van der Waals surface area contributed by atoms with Gasteiger partial charge in [-0.2, -0.15) is 0 Å². The van der Waals surface area contributed by atoms with Crippen LogP contribution in [0.1, 0.15) is 23.6 Å². The van der Waals surface area contributed by atoms with Crippen molar-refractivity contribution >= 4 is 23.0 Å². The number of rotatable bonds is 9. The van der Waals surface area contributed by atoms with E-state index in [4.69, 9.17) is 9.47 Å². The highest BCUT2D eigenvalue weighted by atomic mass is 16.5. The zero-order valence-corrected chi connectivity index (χ0v) is 18.8. The van der Waals surface area contributed by atoms with Crippen LogP contribution in [-0.2, 0) is 17.9 Å². The smallest absolute Gasteiger partial charge is 0.244 e. The van der Waals surface area contributed by atoms with Crippen LogP contribution in [0.25, 0.3) is 17.1 Å². The molecular weight excluding hydrogens is 414 g/mol. The van der Waals surface area contributed by atoms with Gasteiger partial charge in [-0.25, -0.2) is 4.98 Å². The van der Waals surface area contributed by atoms with Gasteiger partial charge in [0.05, 0.1) is 31.1 Å². The number of nitrogens with one attached hydrogen (secondary N) is 1. The van der Waals surface area contributed by atoms with Crippen molar-refractivity contribution in [2.75, 3.05) is 13.7 Å². The SMILES string of the molecule is CCOc1cc(C=CC(=O)NCc2cccc(Cn3cnc4ccccc43)c2)ccc1OC. The molecule has 0 fully saturated rings. The topological polar surface area (TPSA) is 65.4 Å². The number of hydrogen-bond donors (Lipinski definition) is 1. The van der Waals surface area contributed by atoms with Crippen molar-refractivity contribution in [3.63, 3.8) is 0 Å². The van der Waals surface area contributed by atoms with Gasteiger partial charge in [-0.15, -0.1) is 0 Å². The van der Waals surface area contributed by atoms with Crippen LogP contribution in [0.2, 0.25) is 0 Å². The predicted molar refractivity (Wildman–Crippen MR) is 130 cm³/mol. The summed E-state index contributed by atoms with van der Waals surface area (Å²) in [6.07, 6.45) is 5.15. The largest absolute Gasteiger partial charge is 0.493 e. The van der Waals surface area contributed by atoms with E-state index >= 15 is 0 Å². The van der Waals surface area contributed by atoms with Crippen LogP contribution in [0, 0.1) is 0 Å². The Morgan fingerprint density at radius 1 is 1.03 bits per heavy atom. The van der Waals surface area contributed by atoms with Crippen molar-refractivity contribution < 1.29 is 14.3 Å². The van der Waals surface area contributed by atoms with Crippen molar-refractivity contribution in [1.82, 2.24) is 14.9 Å². The van der Waals surface area contributed by atoms with Gasteiger partial charge in [0.25, 0.3) is 0 Å². The molecule has 33 heavy (non-hydrogen) atoms. The minimum absolute atomic E-state index is 0.158. The molecule has 0 bridgehead atoms. The van der Waals surface area contributed by atoms with E-state index in [1.54, 1.807) is 13.2 Å². The van der Waals surface area contributed by atoms with Gasteiger partial charge in [0.1, 0.15) is 0 Å². The number of nitrogens with zero attached hydrogens (tertiary/aromatic N) is 2. The summed E-state index contributed by atoms with van der Waals surface area (Å²) in [6, 6.07) is 21.9. The maximum absolute atomic E-state index is 12.3. The van der Waals surface area contributed by atoms with Gasteiger partial charge < -0.3 is 19.4 Å². The van der Waals surface area contributed by atoms with E-state index in [0.717, 1.165) is 34.3 Å². The Morgan fingerprint density at radius 3 is 2.73 bits per heavy atom. The first-order valence-corrected chi connectivity index (χ1v) is 10.9. The summed E-state index contributed by atoms with van der Waals surface area (Å²) >= 11 is 0. The lowest BCUT2D eigenvalue weighted by Crippen LogP contribution is -2.20. The van der Waals surface area contributed by atoms with Crippen LogP contribution in [0.5, 0.6) is 11.5 Å². The van der Waals surface area contributed by atoms with E-state index < -0.39 is 0 Å². The summed E-state index contributed by atoms with van der Waals surface area (Å²) in [4.78, 5) is 16.8. The lowest BCUT2D eigenvalue weighted by molar-refractivity contribution is -0.116. The summed E-state index contributed by atoms with van der Waals surface area (Å²) in [5.41, 5.74) is 5.15. The molecule has 1 N–H and O–H groups in total. The molecule has 0 saturated heterocycles. The zero-order chi connectivity index (χ0) is 23.0. The molecule has 0 aliphatic heterocycles. The number of fused-ring (bicyclic) bond motifs is 1. The van der Waals surface area contributed by atoms with Gasteiger partial charge in [-0.05, 0) is 54.0 Å². The lowest BCUT2D eigenvalue weighted by Gasteiger charge is -2.09. The molecule has 0 spiro atoms. The number of carbonyl (C=O) groups is 1. The molecule has 0 aliphatic carbocycles. The molecular formula is C27H27N3O3. The fourth-order valence-electron chi connectivity index (χ4n) is 3.66. The fourth-order valence-corrected chi connectivity index (χ4v) is 3.66. The maximum Gasteiger partial charge on any atom is 0.244 e. The standard InChI is InChI=1S/C27H27N3O3/c1-3-33-26-16-20(11-13-25(26)32-2)12-14-27(31)28-17-21-7-6-8-22(15-21)18-30-19-29-23-9-4-5-10-24(23)30/h4-16,19H,3,17-18H2,1-2H3,(H,28,31). The molecule has 0 saturated carbocycles. The lowest BCUT2D eigenvalue weighted by atomic mass is 10.1. The highest BCUT2D eigenvalue weighted by Crippen LogP contribution is 2.28. The van der Waals surface area contributed by atoms with Crippen molar-refractivity contribution in [2.45, 2.75) is 20.0 Å². The number of methoxy groups -OCH3 is 1. The number of hydrogen-bond acceptors (Lipinski definition) is 4. The molecule has 0 atom stereocenters. The molecule has 6 heteroatoms. The molecule has 1 aromatic heterocycles. The molecule has 0 unspecified atom stereocenters. The predicted octanol–water partition coefficient (Wildman–Crippen LogP) is 4.82. The molecule has 6 nitrogen and oxygen atoms in total. The highest BCUT2D eigenvalue weighted by Gasteiger charge is 2.06. The van der Waals surface area contributed by atoms with E-state index in [-0.39, 0.29) is 5.91 Å². The van der Waals surface area contributed by atoms with Crippen LogP contribution in [0.15, 0.2) is 79.1 Å². The summed E-state index contributed by atoms with van der Waals surface area (Å²) in [6.45, 7) is 3.64. The molecule has 0 radical (unpaired) electrons. The van der Waals surface area contributed by atoms with Gasteiger partial charge in [0, 0.05) is 19.2 Å². The molecule has 0 aliphatic rings. The number of para-hydroxylation sites is 2. The second-order valence-corrected chi connectivity index (χ2v) is 7.58. The van der Waals surface area contributed by atoms with E-state index in [1.165, 1.54) is 6.08 Å². The Balaban J connectivity index is 1.36. The van der Waals surface area contributed by atoms with Crippen molar-refractivity contribution in [3.8, 4) is 11.5 Å².